The smallest absolute Gasteiger partial charge is 0.219 e. The summed E-state index contributed by atoms with van der Waals surface area (Å²) in [5.74, 6) is 0.918. The van der Waals surface area contributed by atoms with E-state index in [1.54, 1.807) is 0 Å². The lowest BCUT2D eigenvalue weighted by Gasteiger charge is -2.37. The summed E-state index contributed by atoms with van der Waals surface area (Å²) in [7, 11) is 0. The van der Waals surface area contributed by atoms with Crippen LogP contribution in [-0.4, -0.2) is 41.5 Å². The molecule has 112 valence electrons. The van der Waals surface area contributed by atoms with Crippen molar-refractivity contribution in [1.82, 2.24) is 0 Å². The molecular formula is C17H28NOS+. The minimum Gasteiger partial charge on any atom is -0.323 e. The average Bonchev–Trinajstić information content (AvgIpc) is 2.48. The molecule has 0 atom stereocenters. The molecule has 0 bridgehead atoms. The zero-order chi connectivity index (χ0) is 14.8. The number of hydrogen-bond donors (Lipinski definition) is 0. The Hall–Kier alpha value is -0.800. The second-order valence-corrected chi connectivity index (χ2v) is 6.40. The first-order valence-corrected chi connectivity index (χ1v) is 8.73. The van der Waals surface area contributed by atoms with E-state index in [0.29, 0.717) is 0 Å². The Bertz CT molecular complexity index is 385. The number of quaternary nitrogens is 1. The molecule has 0 heterocycles. The SMILES string of the molecule is CCC[N+](CC)(CCC)CCSC(=O)c1ccccc1. The largest absolute Gasteiger partial charge is 0.323 e. The Morgan fingerprint density at radius 2 is 1.60 bits per heavy atom. The Morgan fingerprint density at radius 3 is 2.10 bits per heavy atom. The Morgan fingerprint density at radius 1 is 1.00 bits per heavy atom. The van der Waals surface area contributed by atoms with Gasteiger partial charge in [0.25, 0.3) is 0 Å². The Kier molecular flexibility index (Phi) is 7.93. The van der Waals surface area contributed by atoms with Crippen LogP contribution in [0.4, 0.5) is 0 Å². The van der Waals surface area contributed by atoms with E-state index in [9.17, 15) is 4.79 Å². The van der Waals surface area contributed by atoms with Crippen molar-refractivity contribution in [1.29, 1.82) is 0 Å². The van der Waals surface area contributed by atoms with Gasteiger partial charge in [0, 0.05) is 5.56 Å². The molecule has 0 saturated carbocycles. The van der Waals surface area contributed by atoms with Gasteiger partial charge in [-0.15, -0.1) is 0 Å². The summed E-state index contributed by atoms with van der Waals surface area (Å²) in [5, 5.41) is 0.202. The Balaban J connectivity index is 2.50. The highest BCUT2D eigenvalue weighted by atomic mass is 32.2. The van der Waals surface area contributed by atoms with Crippen LogP contribution in [0.3, 0.4) is 0 Å². The van der Waals surface area contributed by atoms with E-state index in [4.69, 9.17) is 0 Å². The molecule has 2 nitrogen and oxygen atoms in total. The molecule has 0 aliphatic heterocycles. The highest BCUT2D eigenvalue weighted by molar-refractivity contribution is 8.14. The van der Waals surface area contributed by atoms with Crippen LogP contribution in [0.25, 0.3) is 0 Å². The van der Waals surface area contributed by atoms with E-state index in [-0.39, 0.29) is 5.12 Å². The minimum absolute atomic E-state index is 0.202. The van der Waals surface area contributed by atoms with Gasteiger partial charge in [0.05, 0.1) is 31.9 Å². The van der Waals surface area contributed by atoms with Crippen molar-refractivity contribution in [3.05, 3.63) is 35.9 Å². The lowest BCUT2D eigenvalue weighted by molar-refractivity contribution is -0.924. The molecule has 1 aromatic carbocycles. The number of hydrogen-bond acceptors (Lipinski definition) is 2. The van der Waals surface area contributed by atoms with Crippen molar-refractivity contribution >= 4 is 16.9 Å². The van der Waals surface area contributed by atoms with Crippen molar-refractivity contribution in [3.8, 4) is 0 Å². The highest BCUT2D eigenvalue weighted by Gasteiger charge is 2.23. The number of thioether (sulfide) groups is 1. The Labute approximate surface area is 128 Å². The zero-order valence-electron chi connectivity index (χ0n) is 13.1. The lowest BCUT2D eigenvalue weighted by atomic mass is 10.2. The van der Waals surface area contributed by atoms with E-state index in [2.05, 4.69) is 20.8 Å². The van der Waals surface area contributed by atoms with Crippen molar-refractivity contribution in [2.24, 2.45) is 0 Å². The average molecular weight is 294 g/mol. The first kappa shape index (κ1) is 17.3. The molecule has 0 spiro atoms. The first-order chi connectivity index (χ1) is 9.67. The molecule has 20 heavy (non-hydrogen) atoms. The maximum Gasteiger partial charge on any atom is 0.219 e. The molecule has 0 saturated heterocycles. The molecule has 1 aromatic rings. The third-order valence-corrected chi connectivity index (χ3v) is 4.76. The molecule has 0 unspecified atom stereocenters. The molecule has 0 aliphatic carbocycles. The highest BCUT2D eigenvalue weighted by Crippen LogP contribution is 2.16. The summed E-state index contributed by atoms with van der Waals surface area (Å²) >= 11 is 1.47. The fourth-order valence-electron chi connectivity index (χ4n) is 2.75. The van der Waals surface area contributed by atoms with E-state index < -0.39 is 0 Å². The summed E-state index contributed by atoms with van der Waals surface area (Å²) in [6.45, 7) is 11.5. The lowest BCUT2D eigenvalue weighted by Crippen LogP contribution is -2.50. The van der Waals surface area contributed by atoms with Crippen LogP contribution in [0.5, 0.6) is 0 Å². The minimum atomic E-state index is 0.202. The molecule has 1 rings (SSSR count). The van der Waals surface area contributed by atoms with Crippen LogP contribution in [0, 0.1) is 0 Å². The topological polar surface area (TPSA) is 17.1 Å². The van der Waals surface area contributed by atoms with Gasteiger partial charge in [0.1, 0.15) is 0 Å². The normalized spacial score (nSPS) is 11.6. The van der Waals surface area contributed by atoms with Crippen molar-refractivity contribution in [3.63, 3.8) is 0 Å². The summed E-state index contributed by atoms with van der Waals surface area (Å²) in [5.41, 5.74) is 0.818. The molecule has 3 heteroatoms. The van der Waals surface area contributed by atoms with Gasteiger partial charge < -0.3 is 4.48 Å². The van der Waals surface area contributed by atoms with Crippen LogP contribution in [-0.2, 0) is 0 Å². The number of carbonyl (C=O) groups is 1. The summed E-state index contributed by atoms with van der Waals surface area (Å²) < 4.78 is 1.15. The van der Waals surface area contributed by atoms with Gasteiger partial charge in [-0.3, -0.25) is 4.79 Å². The predicted octanol–water partition coefficient (Wildman–Crippen LogP) is 4.22. The number of nitrogens with zero attached hydrogens (tertiary/aromatic N) is 1. The fourth-order valence-corrected chi connectivity index (χ4v) is 3.71. The third kappa shape index (κ3) is 5.29. The van der Waals surface area contributed by atoms with Gasteiger partial charge in [-0.05, 0) is 19.8 Å². The number of benzene rings is 1. The van der Waals surface area contributed by atoms with Gasteiger partial charge in [0.15, 0.2) is 0 Å². The molecule has 0 radical (unpaired) electrons. The van der Waals surface area contributed by atoms with Gasteiger partial charge in [-0.2, -0.15) is 0 Å². The van der Waals surface area contributed by atoms with Crippen LogP contribution >= 0.6 is 11.8 Å². The second kappa shape index (κ2) is 9.19. The molecule has 0 aromatic heterocycles. The van der Waals surface area contributed by atoms with E-state index in [0.717, 1.165) is 22.3 Å². The second-order valence-electron chi connectivity index (χ2n) is 5.33. The number of carbonyl (C=O) groups excluding carboxylic acids is 1. The molecule has 0 amide bonds. The number of rotatable bonds is 9. The first-order valence-electron chi connectivity index (χ1n) is 7.74. The van der Waals surface area contributed by atoms with Crippen LogP contribution < -0.4 is 0 Å². The quantitative estimate of drug-likeness (QED) is 0.634. The summed E-state index contributed by atoms with van der Waals surface area (Å²) in [4.78, 5) is 12.1. The molecular weight excluding hydrogens is 266 g/mol. The maximum atomic E-state index is 12.1. The van der Waals surface area contributed by atoms with Crippen LogP contribution in [0.1, 0.15) is 44.0 Å². The van der Waals surface area contributed by atoms with E-state index in [1.165, 1.54) is 44.2 Å². The standard InChI is InChI=1S/C17H28NOS/c1-4-12-18(6-3,13-5-2)14-15-20-17(19)16-10-8-7-9-11-16/h7-11H,4-6,12-15H2,1-3H3/q+1. The molecule has 0 aliphatic rings. The van der Waals surface area contributed by atoms with Crippen LogP contribution in [0.15, 0.2) is 30.3 Å². The van der Waals surface area contributed by atoms with Crippen molar-refractivity contribution in [2.45, 2.75) is 33.6 Å². The van der Waals surface area contributed by atoms with Crippen molar-refractivity contribution in [2.75, 3.05) is 31.9 Å². The molecule has 0 fully saturated rings. The van der Waals surface area contributed by atoms with Gasteiger partial charge >= 0.3 is 0 Å². The third-order valence-electron chi connectivity index (χ3n) is 3.87. The predicted molar refractivity (Wildman–Crippen MR) is 89.2 cm³/mol. The summed E-state index contributed by atoms with van der Waals surface area (Å²) in [6.07, 6.45) is 2.43. The maximum absolute atomic E-state index is 12.1. The van der Waals surface area contributed by atoms with E-state index in [1.807, 2.05) is 30.3 Å². The van der Waals surface area contributed by atoms with Crippen LogP contribution in [0.2, 0.25) is 0 Å². The van der Waals surface area contributed by atoms with Gasteiger partial charge in [0.2, 0.25) is 5.12 Å². The van der Waals surface area contributed by atoms with Crippen molar-refractivity contribution < 1.29 is 9.28 Å². The fraction of sp³-hybridized carbons (Fsp3) is 0.588. The molecule has 0 N–H and O–H groups in total. The monoisotopic (exact) mass is 294 g/mol. The van der Waals surface area contributed by atoms with E-state index >= 15 is 0 Å². The summed E-state index contributed by atoms with van der Waals surface area (Å²) in [6, 6.07) is 9.59. The van der Waals surface area contributed by atoms with Gasteiger partial charge in [-0.25, -0.2) is 0 Å². The van der Waals surface area contributed by atoms with Gasteiger partial charge in [-0.1, -0.05) is 55.9 Å². The zero-order valence-corrected chi connectivity index (χ0v) is 13.9.